The highest BCUT2D eigenvalue weighted by Gasteiger charge is 2.18. The highest BCUT2D eigenvalue weighted by atomic mass is 16.5. The summed E-state index contributed by atoms with van der Waals surface area (Å²) in [6.07, 6.45) is 0.628. The van der Waals surface area contributed by atoms with E-state index in [9.17, 15) is 9.90 Å². The fourth-order valence-corrected chi connectivity index (χ4v) is 3.15. The molecule has 146 valence electrons. The molecule has 0 bridgehead atoms. The molecule has 0 amide bonds. The van der Waals surface area contributed by atoms with E-state index in [-0.39, 0.29) is 5.88 Å². The Morgan fingerprint density at radius 1 is 1.21 bits per heavy atom. The molecular weight excluding hydrogens is 354 g/mol. The van der Waals surface area contributed by atoms with Crippen molar-refractivity contribution in [3.8, 4) is 5.88 Å². The largest absolute Gasteiger partial charge is 0.494 e. The molecule has 3 aromatic rings. The molecule has 1 aromatic heterocycles. The Kier molecular flexibility index (Phi) is 5.25. The van der Waals surface area contributed by atoms with Gasteiger partial charge in [0.05, 0.1) is 29.6 Å². The summed E-state index contributed by atoms with van der Waals surface area (Å²) in [4.78, 5) is 19.4. The molecule has 0 unspecified atom stereocenters. The third-order valence-corrected chi connectivity index (χ3v) is 4.70. The molecule has 6 heteroatoms. The fraction of sp³-hybridized carbons (Fsp3) is 0.273. The van der Waals surface area contributed by atoms with Crippen LogP contribution in [-0.2, 0) is 10.3 Å². The normalized spacial score (nSPS) is 12.4. The summed E-state index contributed by atoms with van der Waals surface area (Å²) in [7, 11) is 1.34. The maximum absolute atomic E-state index is 11.7. The van der Waals surface area contributed by atoms with Crippen molar-refractivity contribution < 1.29 is 14.6 Å². The Morgan fingerprint density at radius 3 is 2.46 bits per heavy atom. The smallest absolute Gasteiger partial charge is 0.337 e. The highest BCUT2D eigenvalue weighted by molar-refractivity contribution is 6.14. The molecule has 2 aromatic carbocycles. The molecule has 0 aliphatic heterocycles. The van der Waals surface area contributed by atoms with E-state index >= 15 is 0 Å². The molecule has 1 heterocycles. The Bertz CT molecular complexity index is 1040. The number of aliphatic imine (C=N–C) groups is 1. The maximum Gasteiger partial charge on any atom is 0.337 e. The topological polar surface area (TPSA) is 101 Å². The van der Waals surface area contributed by atoms with Gasteiger partial charge in [-0.05, 0) is 50.1 Å². The third-order valence-electron chi connectivity index (χ3n) is 4.70. The molecule has 0 spiro atoms. The Hall–Kier alpha value is -3.12. The van der Waals surface area contributed by atoms with Crippen LogP contribution in [0.4, 0.5) is 5.69 Å². The number of aromatic amines is 1. The van der Waals surface area contributed by atoms with Crippen molar-refractivity contribution in [2.45, 2.75) is 32.7 Å². The van der Waals surface area contributed by atoms with Crippen molar-refractivity contribution in [2.24, 2.45) is 10.7 Å². The molecule has 0 saturated heterocycles. The average molecular weight is 379 g/mol. The number of hydrogen-bond donors (Lipinski definition) is 3. The lowest BCUT2D eigenvalue weighted by molar-refractivity contribution is 0.0601. The van der Waals surface area contributed by atoms with Crippen LogP contribution in [0.25, 0.3) is 10.9 Å². The van der Waals surface area contributed by atoms with Crippen LogP contribution < -0.4 is 5.73 Å². The van der Waals surface area contributed by atoms with Crippen molar-refractivity contribution in [2.75, 3.05) is 7.11 Å². The minimum atomic E-state index is -0.426. The summed E-state index contributed by atoms with van der Waals surface area (Å²) in [5, 5.41) is 11.3. The lowest BCUT2D eigenvalue weighted by atomic mass is 9.95. The summed E-state index contributed by atoms with van der Waals surface area (Å²) in [6.45, 7) is 5.89. The van der Waals surface area contributed by atoms with Crippen LogP contribution in [0.3, 0.4) is 0 Å². The van der Waals surface area contributed by atoms with Crippen LogP contribution in [0.5, 0.6) is 5.88 Å². The van der Waals surface area contributed by atoms with Crippen LogP contribution in [0.15, 0.2) is 47.5 Å². The van der Waals surface area contributed by atoms with Crippen LogP contribution in [0.1, 0.15) is 48.7 Å². The van der Waals surface area contributed by atoms with E-state index in [1.807, 2.05) is 45.0 Å². The zero-order valence-electron chi connectivity index (χ0n) is 16.5. The first-order chi connectivity index (χ1) is 13.2. The number of nitrogens with one attached hydrogen (secondary N) is 1. The minimum absolute atomic E-state index is 0.0253. The molecule has 0 radical (unpaired) electrons. The summed E-state index contributed by atoms with van der Waals surface area (Å²) in [6, 6.07) is 12.9. The Balaban J connectivity index is 2.04. The molecule has 3 rings (SSSR count). The van der Waals surface area contributed by atoms with Gasteiger partial charge in [0.25, 0.3) is 0 Å². The number of nitrogens with zero attached hydrogens (tertiary/aromatic N) is 1. The monoisotopic (exact) mass is 379 g/mol. The molecule has 6 nitrogen and oxygen atoms in total. The zero-order valence-corrected chi connectivity index (χ0v) is 16.5. The first-order valence-electron chi connectivity index (χ1n) is 9.15. The number of hydrogen-bond acceptors (Lipinski definition) is 5. The quantitative estimate of drug-likeness (QED) is 0.452. The SMILES string of the molecule is CCC(=Nc1ccc(C(C)(C)N)cc1)c1c(O)[nH]c2cc(C(=O)OC)ccc12. The molecular formula is C22H25N3O3. The lowest BCUT2D eigenvalue weighted by Crippen LogP contribution is -2.28. The van der Waals surface area contributed by atoms with Gasteiger partial charge >= 0.3 is 5.97 Å². The zero-order chi connectivity index (χ0) is 20.5. The summed E-state index contributed by atoms with van der Waals surface area (Å²) in [5.41, 5.74) is 9.97. The van der Waals surface area contributed by atoms with Gasteiger partial charge in [-0.1, -0.05) is 25.1 Å². The highest BCUT2D eigenvalue weighted by Crippen LogP contribution is 2.31. The molecule has 0 saturated carbocycles. The second-order valence-corrected chi connectivity index (χ2v) is 7.28. The second kappa shape index (κ2) is 7.48. The average Bonchev–Trinajstić information content (AvgIpc) is 3.00. The number of fused-ring (bicyclic) bond motifs is 1. The number of carbonyl (C=O) groups is 1. The van der Waals surface area contributed by atoms with E-state index in [4.69, 9.17) is 15.5 Å². The summed E-state index contributed by atoms with van der Waals surface area (Å²) in [5.74, 6) is -0.401. The second-order valence-electron chi connectivity index (χ2n) is 7.28. The predicted molar refractivity (Wildman–Crippen MR) is 111 cm³/mol. The van der Waals surface area contributed by atoms with Crippen LogP contribution in [0.2, 0.25) is 0 Å². The van der Waals surface area contributed by atoms with Crippen LogP contribution >= 0.6 is 0 Å². The van der Waals surface area contributed by atoms with E-state index in [0.717, 1.165) is 22.3 Å². The summed E-state index contributed by atoms with van der Waals surface area (Å²) >= 11 is 0. The number of carbonyl (C=O) groups excluding carboxylic acids is 1. The van der Waals surface area contributed by atoms with Gasteiger partial charge in [0.15, 0.2) is 5.88 Å². The number of aromatic nitrogens is 1. The number of rotatable bonds is 5. The Labute approximate surface area is 164 Å². The van der Waals surface area contributed by atoms with Gasteiger partial charge in [0.2, 0.25) is 0 Å². The van der Waals surface area contributed by atoms with E-state index in [0.29, 0.717) is 23.1 Å². The van der Waals surface area contributed by atoms with Crippen LogP contribution in [0, 0.1) is 0 Å². The fourth-order valence-electron chi connectivity index (χ4n) is 3.15. The number of nitrogens with two attached hydrogens (primary N) is 1. The lowest BCUT2D eigenvalue weighted by Gasteiger charge is -2.18. The van der Waals surface area contributed by atoms with E-state index in [1.165, 1.54) is 7.11 Å². The Morgan fingerprint density at radius 2 is 1.89 bits per heavy atom. The van der Waals surface area contributed by atoms with Crippen molar-refractivity contribution in [3.63, 3.8) is 0 Å². The maximum atomic E-state index is 11.7. The molecule has 0 atom stereocenters. The van der Waals surface area contributed by atoms with Gasteiger partial charge in [-0.3, -0.25) is 4.99 Å². The third kappa shape index (κ3) is 3.77. The molecule has 0 aliphatic carbocycles. The van der Waals surface area contributed by atoms with Gasteiger partial charge in [0.1, 0.15) is 0 Å². The number of ether oxygens (including phenoxy) is 1. The van der Waals surface area contributed by atoms with Gasteiger partial charge in [-0.2, -0.15) is 0 Å². The summed E-state index contributed by atoms with van der Waals surface area (Å²) < 4.78 is 4.76. The first kappa shape index (κ1) is 19.6. The van der Waals surface area contributed by atoms with Crippen molar-refractivity contribution in [1.29, 1.82) is 0 Å². The van der Waals surface area contributed by atoms with Crippen molar-refractivity contribution in [3.05, 3.63) is 59.2 Å². The molecule has 0 aliphatic rings. The number of aromatic hydroxyl groups is 1. The first-order valence-corrected chi connectivity index (χ1v) is 9.15. The van der Waals surface area contributed by atoms with Gasteiger partial charge in [0, 0.05) is 16.4 Å². The standard InChI is InChI=1S/C22H25N3O3/c1-5-17(24-15-9-7-14(8-10-15)22(2,3)23)19-16-11-6-13(21(27)28-4)12-18(16)25-20(19)26/h6-12,25-26H,5,23H2,1-4H3. The molecule has 28 heavy (non-hydrogen) atoms. The van der Waals surface area contributed by atoms with Gasteiger partial charge < -0.3 is 20.6 Å². The van der Waals surface area contributed by atoms with Crippen molar-refractivity contribution >= 4 is 28.3 Å². The number of benzene rings is 2. The number of esters is 1. The van der Waals surface area contributed by atoms with Crippen molar-refractivity contribution in [1.82, 2.24) is 4.98 Å². The molecule has 0 fully saturated rings. The minimum Gasteiger partial charge on any atom is -0.494 e. The predicted octanol–water partition coefficient (Wildman–Crippen LogP) is 4.38. The van der Waals surface area contributed by atoms with E-state index < -0.39 is 11.5 Å². The number of methoxy groups -OCH3 is 1. The number of H-pyrrole nitrogens is 1. The van der Waals surface area contributed by atoms with Crippen LogP contribution in [-0.4, -0.2) is 28.9 Å². The molecule has 4 N–H and O–H groups in total. The van der Waals surface area contributed by atoms with E-state index in [1.54, 1.807) is 18.2 Å². The van der Waals surface area contributed by atoms with Gasteiger partial charge in [-0.25, -0.2) is 4.79 Å². The van der Waals surface area contributed by atoms with Gasteiger partial charge in [-0.15, -0.1) is 0 Å². The van der Waals surface area contributed by atoms with E-state index in [2.05, 4.69) is 4.98 Å².